The van der Waals surface area contributed by atoms with E-state index in [1.54, 1.807) is 12.1 Å². The number of carbonyl (C=O) groups excluding carboxylic acids is 4. The molecule has 11 heteroatoms. The highest BCUT2D eigenvalue weighted by Crippen LogP contribution is 2.59. The Kier molecular flexibility index (Phi) is 6.39. The van der Waals surface area contributed by atoms with E-state index in [9.17, 15) is 39.0 Å². The number of carbonyl (C=O) groups is 6. The molecule has 1 saturated carbocycles. The number of allylic oxidation sites excluding steroid dienone is 2. The Balaban J connectivity index is 1.48. The molecule has 4 aliphatic rings. The van der Waals surface area contributed by atoms with E-state index in [1.165, 1.54) is 6.07 Å². The molecule has 2 aliphatic heterocycles. The summed E-state index contributed by atoms with van der Waals surface area (Å²) < 4.78 is 0. The largest absolute Gasteiger partial charge is 0.508 e. The van der Waals surface area contributed by atoms with Gasteiger partial charge in [-0.15, -0.1) is 0 Å². The van der Waals surface area contributed by atoms with Crippen LogP contribution in [0.25, 0.3) is 10.8 Å². The highest BCUT2D eigenvalue weighted by molar-refractivity contribution is 6.08. The van der Waals surface area contributed by atoms with Crippen molar-refractivity contribution < 1.29 is 44.1 Å². The van der Waals surface area contributed by atoms with Crippen molar-refractivity contribution in [2.75, 3.05) is 13.1 Å². The van der Waals surface area contributed by atoms with Gasteiger partial charge < -0.3 is 15.3 Å². The molecule has 2 heterocycles. The fourth-order valence-electron chi connectivity index (χ4n) is 7.51. The van der Waals surface area contributed by atoms with Gasteiger partial charge in [-0.05, 0) is 35.6 Å². The van der Waals surface area contributed by atoms with E-state index in [0.29, 0.717) is 16.5 Å². The quantitative estimate of drug-likeness (QED) is 0.339. The number of phenols is 1. The summed E-state index contributed by atoms with van der Waals surface area (Å²) in [6.07, 6.45) is 1.36. The van der Waals surface area contributed by atoms with E-state index in [0.717, 1.165) is 15.2 Å². The monoisotopic (exact) mass is 560 g/mol. The van der Waals surface area contributed by atoms with Crippen LogP contribution >= 0.6 is 0 Å². The number of benzene rings is 2. The summed E-state index contributed by atoms with van der Waals surface area (Å²) >= 11 is 0. The number of hydrogen-bond acceptors (Lipinski definition) is 7. The van der Waals surface area contributed by atoms with Crippen molar-refractivity contribution in [3.8, 4) is 5.75 Å². The Hall–Kier alpha value is -4.54. The van der Waals surface area contributed by atoms with Gasteiger partial charge in [0.05, 0.1) is 36.5 Å². The smallest absolute Gasteiger partial charge is 0.305 e. The lowest BCUT2D eigenvalue weighted by Crippen LogP contribution is -2.43. The molecule has 2 aliphatic carbocycles. The van der Waals surface area contributed by atoms with Crippen LogP contribution in [0.1, 0.15) is 37.2 Å². The first-order valence-corrected chi connectivity index (χ1v) is 13.6. The number of nitrogens with zero attached hydrogens (tertiary/aromatic N) is 2. The van der Waals surface area contributed by atoms with Gasteiger partial charge in [-0.2, -0.15) is 0 Å². The molecule has 2 aromatic rings. The topological polar surface area (TPSA) is 170 Å². The molecule has 11 nitrogen and oxygen atoms in total. The minimum absolute atomic E-state index is 0.0720. The van der Waals surface area contributed by atoms with Crippen LogP contribution in [0.5, 0.6) is 5.75 Å². The van der Waals surface area contributed by atoms with Gasteiger partial charge in [0.1, 0.15) is 5.75 Å². The Labute approximate surface area is 234 Å². The van der Waals surface area contributed by atoms with E-state index >= 15 is 0 Å². The number of likely N-dealkylation sites (tertiary alicyclic amines) is 2. The maximum Gasteiger partial charge on any atom is 0.305 e. The summed E-state index contributed by atoms with van der Waals surface area (Å²) in [7, 11) is 0. The van der Waals surface area contributed by atoms with Gasteiger partial charge in [0.25, 0.3) is 0 Å². The Bertz CT molecular complexity index is 1560. The molecule has 0 aromatic heterocycles. The zero-order valence-corrected chi connectivity index (χ0v) is 21.9. The van der Waals surface area contributed by atoms with E-state index < -0.39 is 77.5 Å². The van der Waals surface area contributed by atoms with Crippen molar-refractivity contribution in [2.45, 2.75) is 31.6 Å². The van der Waals surface area contributed by atoms with E-state index in [1.807, 2.05) is 24.3 Å². The number of amides is 4. The number of carboxylic acid groups (broad SMARTS) is 2. The summed E-state index contributed by atoms with van der Waals surface area (Å²) in [5.74, 6) is -9.04. The van der Waals surface area contributed by atoms with Crippen LogP contribution in [-0.2, 0) is 28.8 Å². The maximum absolute atomic E-state index is 13.8. The summed E-state index contributed by atoms with van der Waals surface area (Å²) in [5.41, 5.74) is 1.15. The lowest BCUT2D eigenvalue weighted by molar-refractivity contribution is -0.145. The van der Waals surface area contributed by atoms with Crippen molar-refractivity contribution in [1.82, 2.24) is 9.80 Å². The molecule has 0 spiro atoms. The molecular formula is C30H28N2O9. The molecule has 212 valence electrons. The standard InChI is InChI=1S/C30H28N2O9/c33-20-8-5-14-3-1-2-4-15(14)24(20)25-16-6-7-17-23(29(40)31(27(17)38)11-9-21(34)35)18(16)13-19-26(25)30(41)32(28(19)39)12-10-22(36)37/h1-6,8,17-19,23,25-26,33H,7,9-13H2,(H,34,35)(H,36,37). The zero-order chi connectivity index (χ0) is 29.2. The van der Waals surface area contributed by atoms with Crippen molar-refractivity contribution in [1.29, 1.82) is 0 Å². The summed E-state index contributed by atoms with van der Waals surface area (Å²) in [6, 6.07) is 10.6. The number of imide groups is 2. The molecule has 6 atom stereocenters. The SMILES string of the molecule is O=C(O)CCN1C(=O)C2CC=C3C(CC4C(=O)N(CCC(=O)O)C(=O)C4C3c3c(O)ccc4ccccc34)C2C1=O. The van der Waals surface area contributed by atoms with Gasteiger partial charge in [0.15, 0.2) is 0 Å². The Morgan fingerprint density at radius 1 is 0.756 bits per heavy atom. The van der Waals surface area contributed by atoms with Gasteiger partial charge in [-0.3, -0.25) is 38.6 Å². The second kappa shape index (κ2) is 9.83. The van der Waals surface area contributed by atoms with E-state index in [4.69, 9.17) is 5.11 Å². The highest BCUT2D eigenvalue weighted by atomic mass is 16.4. The Morgan fingerprint density at radius 3 is 2.02 bits per heavy atom. The number of phenolic OH excluding ortho intramolecular Hbond substituents is 1. The number of aromatic hydroxyl groups is 1. The van der Waals surface area contributed by atoms with Gasteiger partial charge in [0, 0.05) is 24.6 Å². The predicted molar refractivity (Wildman–Crippen MR) is 141 cm³/mol. The fourth-order valence-corrected chi connectivity index (χ4v) is 7.51. The molecule has 4 amide bonds. The predicted octanol–water partition coefficient (Wildman–Crippen LogP) is 2.13. The van der Waals surface area contributed by atoms with Crippen molar-refractivity contribution >= 4 is 46.3 Å². The molecular weight excluding hydrogens is 532 g/mol. The third-order valence-electron chi connectivity index (χ3n) is 9.19. The van der Waals surface area contributed by atoms with Crippen molar-refractivity contribution in [3.63, 3.8) is 0 Å². The van der Waals surface area contributed by atoms with Crippen molar-refractivity contribution in [3.05, 3.63) is 53.6 Å². The van der Waals surface area contributed by atoms with Crippen LogP contribution in [0.4, 0.5) is 0 Å². The number of rotatable bonds is 7. The molecule has 6 rings (SSSR count). The molecule has 3 N–H and O–H groups in total. The zero-order valence-electron chi connectivity index (χ0n) is 21.9. The van der Waals surface area contributed by atoms with Crippen LogP contribution in [0.3, 0.4) is 0 Å². The maximum atomic E-state index is 13.8. The fraction of sp³-hybridized carbons (Fsp3) is 0.400. The third kappa shape index (κ3) is 4.10. The summed E-state index contributed by atoms with van der Waals surface area (Å²) in [5, 5.41) is 31.0. The van der Waals surface area contributed by atoms with Crippen LogP contribution in [0, 0.1) is 29.6 Å². The van der Waals surface area contributed by atoms with Crippen LogP contribution < -0.4 is 0 Å². The number of carboxylic acids is 2. The molecule has 6 unspecified atom stereocenters. The summed E-state index contributed by atoms with van der Waals surface area (Å²) in [4.78, 5) is 78.8. The molecule has 2 aromatic carbocycles. The van der Waals surface area contributed by atoms with Crippen molar-refractivity contribution in [2.24, 2.45) is 29.6 Å². The van der Waals surface area contributed by atoms with Crippen LogP contribution in [0.2, 0.25) is 0 Å². The van der Waals surface area contributed by atoms with Gasteiger partial charge in [-0.1, -0.05) is 42.0 Å². The molecule has 2 saturated heterocycles. The van der Waals surface area contributed by atoms with Gasteiger partial charge in [-0.25, -0.2) is 0 Å². The van der Waals surface area contributed by atoms with E-state index in [2.05, 4.69) is 0 Å². The average Bonchev–Trinajstić information content (AvgIpc) is 3.33. The third-order valence-corrected chi connectivity index (χ3v) is 9.19. The normalized spacial score (nSPS) is 28.9. The minimum atomic E-state index is -1.15. The molecule has 0 bridgehead atoms. The first kappa shape index (κ1) is 26.7. The van der Waals surface area contributed by atoms with E-state index in [-0.39, 0.29) is 38.1 Å². The second-order valence-electron chi connectivity index (χ2n) is 11.2. The minimum Gasteiger partial charge on any atom is -0.508 e. The molecule has 0 radical (unpaired) electrons. The number of fused-ring (bicyclic) bond motifs is 5. The lowest BCUT2D eigenvalue weighted by Gasteiger charge is -2.44. The number of aliphatic carboxylic acids is 2. The van der Waals surface area contributed by atoms with Crippen LogP contribution in [-0.4, -0.2) is 73.8 Å². The summed E-state index contributed by atoms with van der Waals surface area (Å²) in [6.45, 7) is -0.535. The van der Waals surface area contributed by atoms with Crippen LogP contribution in [0.15, 0.2) is 48.0 Å². The lowest BCUT2D eigenvalue weighted by atomic mass is 9.56. The molecule has 3 fully saturated rings. The first-order valence-electron chi connectivity index (χ1n) is 13.6. The number of hydrogen-bond donors (Lipinski definition) is 3. The second-order valence-corrected chi connectivity index (χ2v) is 11.2. The Morgan fingerprint density at radius 2 is 1.37 bits per heavy atom. The first-order chi connectivity index (χ1) is 19.6. The van der Waals surface area contributed by atoms with Gasteiger partial charge >= 0.3 is 11.9 Å². The highest BCUT2D eigenvalue weighted by Gasteiger charge is 2.62. The average molecular weight is 561 g/mol. The molecule has 41 heavy (non-hydrogen) atoms. The van der Waals surface area contributed by atoms with Gasteiger partial charge in [0.2, 0.25) is 23.6 Å².